The molecule has 1 amide bonds. The fourth-order valence-corrected chi connectivity index (χ4v) is 3.61. The topological polar surface area (TPSA) is 42.4 Å². The summed E-state index contributed by atoms with van der Waals surface area (Å²) < 4.78 is 43.5. The van der Waals surface area contributed by atoms with E-state index in [1.165, 1.54) is 23.5 Å². The van der Waals surface area contributed by atoms with Crippen LogP contribution in [0.15, 0.2) is 29.6 Å². The maximum Gasteiger partial charge on any atom is 0.416 e. The van der Waals surface area contributed by atoms with E-state index >= 15 is 0 Å². The molecular weight excluding hydrogens is 353 g/mol. The summed E-state index contributed by atoms with van der Waals surface area (Å²) in [6, 6.07) is 4.77. The third kappa shape index (κ3) is 4.01. The molecule has 2 heterocycles. The first-order chi connectivity index (χ1) is 11.7. The van der Waals surface area contributed by atoms with Crippen LogP contribution in [0.25, 0.3) is 10.6 Å². The second-order valence-electron chi connectivity index (χ2n) is 6.08. The Balaban J connectivity index is 1.77. The summed E-state index contributed by atoms with van der Waals surface area (Å²) in [5.74, 6) is -0.184. The van der Waals surface area contributed by atoms with Crippen LogP contribution < -0.4 is 0 Å². The van der Waals surface area contributed by atoms with Gasteiger partial charge in [-0.1, -0.05) is 12.1 Å². The molecule has 0 N–H and O–H groups in total. The molecule has 2 atom stereocenters. The standard InChI is InChI=1S/C17H17F3N2O2S/c1-10-7-22(8-11(2)24-10)16(23)14-9-25-15(21-14)12-3-5-13(6-4-12)17(18,19)20/h3-6,9-11H,7-8H2,1-2H3. The van der Waals surface area contributed by atoms with Crippen molar-refractivity contribution in [3.05, 3.63) is 40.9 Å². The van der Waals surface area contributed by atoms with Crippen molar-refractivity contribution in [2.45, 2.75) is 32.2 Å². The number of ether oxygens (including phenoxy) is 1. The predicted molar refractivity (Wildman–Crippen MR) is 88.5 cm³/mol. The molecule has 1 aliphatic heterocycles. The zero-order valence-corrected chi connectivity index (χ0v) is 14.5. The highest BCUT2D eigenvalue weighted by molar-refractivity contribution is 7.13. The molecule has 2 unspecified atom stereocenters. The Labute approximate surface area is 147 Å². The first kappa shape index (κ1) is 17.9. The minimum absolute atomic E-state index is 0.0410. The Kier molecular flexibility index (Phi) is 4.83. The van der Waals surface area contributed by atoms with Gasteiger partial charge in [0, 0.05) is 24.0 Å². The van der Waals surface area contributed by atoms with Crippen molar-refractivity contribution < 1.29 is 22.7 Å². The highest BCUT2D eigenvalue weighted by Gasteiger charge is 2.30. The molecule has 1 fully saturated rings. The van der Waals surface area contributed by atoms with Crippen molar-refractivity contribution in [3.63, 3.8) is 0 Å². The number of hydrogen-bond donors (Lipinski definition) is 0. The molecule has 0 aliphatic carbocycles. The van der Waals surface area contributed by atoms with Gasteiger partial charge in [-0.05, 0) is 26.0 Å². The lowest BCUT2D eigenvalue weighted by Gasteiger charge is -2.34. The lowest BCUT2D eigenvalue weighted by molar-refractivity contribution is -0.137. The van der Waals surface area contributed by atoms with Crippen LogP contribution in [0.1, 0.15) is 29.9 Å². The monoisotopic (exact) mass is 370 g/mol. The van der Waals surface area contributed by atoms with E-state index in [4.69, 9.17) is 4.74 Å². The number of thiazole rings is 1. The van der Waals surface area contributed by atoms with E-state index in [2.05, 4.69) is 4.98 Å². The van der Waals surface area contributed by atoms with Crippen molar-refractivity contribution in [2.75, 3.05) is 13.1 Å². The molecular formula is C17H17F3N2O2S. The van der Waals surface area contributed by atoms with Crippen LogP contribution in [-0.2, 0) is 10.9 Å². The van der Waals surface area contributed by atoms with E-state index in [-0.39, 0.29) is 18.1 Å². The van der Waals surface area contributed by atoms with Gasteiger partial charge < -0.3 is 9.64 Å². The number of carbonyl (C=O) groups excluding carboxylic acids is 1. The number of alkyl halides is 3. The minimum Gasteiger partial charge on any atom is -0.372 e. The van der Waals surface area contributed by atoms with E-state index in [1.807, 2.05) is 13.8 Å². The summed E-state index contributed by atoms with van der Waals surface area (Å²) in [6.45, 7) is 4.81. The molecule has 1 aromatic heterocycles. The Bertz CT molecular complexity index is 748. The van der Waals surface area contributed by atoms with Gasteiger partial charge in [-0.15, -0.1) is 11.3 Å². The van der Waals surface area contributed by atoms with E-state index in [0.29, 0.717) is 29.4 Å². The van der Waals surface area contributed by atoms with Gasteiger partial charge in [0.25, 0.3) is 5.91 Å². The number of aromatic nitrogens is 1. The molecule has 8 heteroatoms. The number of nitrogens with zero attached hydrogens (tertiary/aromatic N) is 2. The van der Waals surface area contributed by atoms with Crippen LogP contribution in [0.4, 0.5) is 13.2 Å². The highest BCUT2D eigenvalue weighted by atomic mass is 32.1. The Morgan fingerprint density at radius 1 is 1.20 bits per heavy atom. The van der Waals surface area contributed by atoms with Gasteiger partial charge in [-0.3, -0.25) is 4.79 Å². The van der Waals surface area contributed by atoms with Gasteiger partial charge in [0.2, 0.25) is 0 Å². The smallest absolute Gasteiger partial charge is 0.372 e. The molecule has 25 heavy (non-hydrogen) atoms. The van der Waals surface area contributed by atoms with Crippen LogP contribution in [-0.4, -0.2) is 41.1 Å². The van der Waals surface area contributed by atoms with Crippen LogP contribution in [0.2, 0.25) is 0 Å². The summed E-state index contributed by atoms with van der Waals surface area (Å²) in [5, 5.41) is 2.16. The predicted octanol–water partition coefficient (Wildman–Crippen LogP) is 4.08. The zero-order valence-electron chi connectivity index (χ0n) is 13.7. The van der Waals surface area contributed by atoms with Gasteiger partial charge in [-0.2, -0.15) is 13.2 Å². The fourth-order valence-electron chi connectivity index (χ4n) is 2.81. The third-order valence-electron chi connectivity index (χ3n) is 3.89. The van der Waals surface area contributed by atoms with Crippen molar-refractivity contribution in [2.24, 2.45) is 0 Å². The van der Waals surface area contributed by atoms with E-state index in [0.717, 1.165) is 12.1 Å². The van der Waals surface area contributed by atoms with Gasteiger partial charge >= 0.3 is 6.18 Å². The molecule has 1 aromatic carbocycles. The molecule has 0 saturated carbocycles. The summed E-state index contributed by atoms with van der Waals surface area (Å²) in [6.07, 6.45) is -4.45. The minimum atomic E-state index is -4.37. The Morgan fingerprint density at radius 3 is 2.36 bits per heavy atom. The lowest BCUT2D eigenvalue weighted by atomic mass is 10.1. The molecule has 4 nitrogen and oxygen atoms in total. The number of morpholine rings is 1. The van der Waals surface area contributed by atoms with E-state index in [1.54, 1.807) is 10.3 Å². The van der Waals surface area contributed by atoms with Gasteiger partial charge in [0.1, 0.15) is 10.7 Å². The second-order valence-corrected chi connectivity index (χ2v) is 6.94. The summed E-state index contributed by atoms with van der Waals surface area (Å²) >= 11 is 1.24. The number of carbonyl (C=O) groups is 1. The van der Waals surface area contributed by atoms with Crippen LogP contribution in [0.3, 0.4) is 0 Å². The molecule has 2 aromatic rings. The first-order valence-electron chi connectivity index (χ1n) is 7.82. The summed E-state index contributed by atoms with van der Waals surface area (Å²) in [7, 11) is 0. The average Bonchev–Trinajstić information content (AvgIpc) is 3.02. The second kappa shape index (κ2) is 6.76. The lowest BCUT2D eigenvalue weighted by Crippen LogP contribution is -2.48. The molecule has 1 aliphatic rings. The SMILES string of the molecule is CC1CN(C(=O)c2csc(-c3ccc(C(F)(F)F)cc3)n2)CC(C)O1. The van der Waals surface area contributed by atoms with E-state index < -0.39 is 11.7 Å². The van der Waals surface area contributed by atoms with Crippen molar-refractivity contribution in [1.82, 2.24) is 9.88 Å². The van der Waals surface area contributed by atoms with Crippen LogP contribution in [0.5, 0.6) is 0 Å². The number of hydrogen-bond acceptors (Lipinski definition) is 4. The Morgan fingerprint density at radius 2 is 1.80 bits per heavy atom. The van der Waals surface area contributed by atoms with Gasteiger partial charge in [-0.25, -0.2) is 4.98 Å². The summed E-state index contributed by atoms with van der Waals surface area (Å²) in [5.41, 5.74) is 0.155. The largest absolute Gasteiger partial charge is 0.416 e. The van der Waals surface area contributed by atoms with Crippen molar-refractivity contribution in [1.29, 1.82) is 0 Å². The van der Waals surface area contributed by atoms with Crippen LogP contribution >= 0.6 is 11.3 Å². The maximum absolute atomic E-state index is 12.6. The Hall–Kier alpha value is -1.93. The molecule has 0 spiro atoms. The number of benzene rings is 1. The van der Waals surface area contributed by atoms with Gasteiger partial charge in [0.15, 0.2) is 0 Å². The molecule has 1 saturated heterocycles. The summed E-state index contributed by atoms with van der Waals surface area (Å²) in [4.78, 5) is 18.6. The van der Waals surface area contributed by atoms with Crippen molar-refractivity contribution >= 4 is 17.2 Å². The average molecular weight is 370 g/mol. The fraction of sp³-hybridized carbons (Fsp3) is 0.412. The molecule has 0 radical (unpaired) electrons. The number of halogens is 3. The van der Waals surface area contributed by atoms with Crippen molar-refractivity contribution in [3.8, 4) is 10.6 Å². The number of rotatable bonds is 2. The van der Waals surface area contributed by atoms with E-state index in [9.17, 15) is 18.0 Å². The normalized spacial score (nSPS) is 21.4. The first-order valence-corrected chi connectivity index (χ1v) is 8.70. The highest BCUT2D eigenvalue weighted by Crippen LogP contribution is 2.32. The van der Waals surface area contributed by atoms with Gasteiger partial charge in [0.05, 0.1) is 17.8 Å². The zero-order chi connectivity index (χ0) is 18.2. The number of amides is 1. The van der Waals surface area contributed by atoms with Crippen LogP contribution in [0, 0.1) is 0 Å². The third-order valence-corrected chi connectivity index (χ3v) is 4.78. The molecule has 0 bridgehead atoms. The quantitative estimate of drug-likeness (QED) is 0.800. The maximum atomic E-state index is 12.6. The molecule has 134 valence electrons. The molecule has 3 rings (SSSR count).